The van der Waals surface area contributed by atoms with Gasteiger partial charge in [0, 0.05) is 18.0 Å². The fraction of sp³-hybridized carbons (Fsp3) is 0.500. The average Bonchev–Trinajstić information content (AvgIpc) is 3.26. The fourth-order valence-corrected chi connectivity index (χ4v) is 3.73. The predicted molar refractivity (Wildman–Crippen MR) is 83.8 cm³/mol. The van der Waals surface area contributed by atoms with E-state index >= 15 is 0 Å². The van der Waals surface area contributed by atoms with E-state index in [2.05, 4.69) is 17.5 Å². The molecule has 116 valence electrons. The van der Waals surface area contributed by atoms with E-state index in [0.29, 0.717) is 18.4 Å². The summed E-state index contributed by atoms with van der Waals surface area (Å²) in [6.07, 6.45) is 7.70. The smallest absolute Gasteiger partial charge is 0.228 e. The van der Waals surface area contributed by atoms with Crippen molar-refractivity contribution in [2.75, 3.05) is 18.5 Å². The molecule has 2 fully saturated rings. The number of hydrogen-bond donors (Lipinski definition) is 1. The van der Waals surface area contributed by atoms with E-state index < -0.39 is 0 Å². The molecular formula is C18H21NO3. The molecule has 2 bridgehead atoms. The highest BCUT2D eigenvalue weighted by Gasteiger charge is 2.39. The number of nitrogens with one attached hydrogen (secondary N) is 1. The molecule has 0 radical (unpaired) electrons. The van der Waals surface area contributed by atoms with Gasteiger partial charge in [-0.1, -0.05) is 12.2 Å². The molecule has 4 atom stereocenters. The van der Waals surface area contributed by atoms with Gasteiger partial charge in [0.05, 0.1) is 13.2 Å². The van der Waals surface area contributed by atoms with E-state index in [4.69, 9.17) is 9.47 Å². The van der Waals surface area contributed by atoms with E-state index in [1.807, 2.05) is 24.3 Å². The molecule has 1 saturated heterocycles. The van der Waals surface area contributed by atoms with E-state index in [1.165, 1.54) is 0 Å². The number of allylic oxidation sites excluding steroid dienone is 2. The topological polar surface area (TPSA) is 47.6 Å². The summed E-state index contributed by atoms with van der Waals surface area (Å²) in [5.74, 6) is 2.17. The number of benzene rings is 1. The molecule has 1 aromatic rings. The van der Waals surface area contributed by atoms with Crippen LogP contribution >= 0.6 is 0 Å². The number of carbonyl (C=O) groups is 1. The summed E-state index contributed by atoms with van der Waals surface area (Å²) >= 11 is 0. The number of carbonyl (C=O) groups excluding carboxylic acids is 1. The third-order valence-electron chi connectivity index (χ3n) is 4.93. The molecule has 1 N–H and O–H groups in total. The van der Waals surface area contributed by atoms with Crippen LogP contribution in [-0.4, -0.2) is 25.2 Å². The van der Waals surface area contributed by atoms with Gasteiger partial charge >= 0.3 is 0 Å². The lowest BCUT2D eigenvalue weighted by atomic mass is 9.93. The second-order valence-electron chi connectivity index (χ2n) is 6.50. The van der Waals surface area contributed by atoms with Crippen molar-refractivity contribution in [2.45, 2.75) is 25.4 Å². The average molecular weight is 299 g/mol. The van der Waals surface area contributed by atoms with Gasteiger partial charge in [-0.15, -0.1) is 0 Å². The molecule has 1 aromatic carbocycles. The first-order valence-corrected chi connectivity index (χ1v) is 8.11. The first kappa shape index (κ1) is 13.8. The standard InChI is InChI=1S/C18H21NO3/c20-18(17-10-12-1-2-13(17)9-12)19-14-3-5-15(6-4-14)22-16-7-8-21-11-16/h1-6,12-13,16-17H,7-11H2,(H,19,20)/t12-,13-,16-,17-/m0/s1. The van der Waals surface area contributed by atoms with Crippen LogP contribution in [0.25, 0.3) is 0 Å². The predicted octanol–water partition coefficient (Wildman–Crippen LogP) is 3.01. The van der Waals surface area contributed by atoms with Gasteiger partial charge in [-0.05, 0) is 48.9 Å². The molecule has 1 heterocycles. The molecule has 3 aliphatic rings. The van der Waals surface area contributed by atoms with Crippen LogP contribution in [0.5, 0.6) is 5.75 Å². The van der Waals surface area contributed by atoms with Gasteiger partial charge in [-0.25, -0.2) is 0 Å². The summed E-state index contributed by atoms with van der Waals surface area (Å²) in [6.45, 7) is 1.44. The summed E-state index contributed by atoms with van der Waals surface area (Å²) in [4.78, 5) is 12.4. The third-order valence-corrected chi connectivity index (χ3v) is 4.93. The molecule has 1 aliphatic heterocycles. The number of hydrogen-bond acceptors (Lipinski definition) is 3. The molecule has 4 nitrogen and oxygen atoms in total. The number of rotatable bonds is 4. The van der Waals surface area contributed by atoms with Crippen LogP contribution in [0.1, 0.15) is 19.3 Å². The van der Waals surface area contributed by atoms with E-state index in [0.717, 1.165) is 37.3 Å². The van der Waals surface area contributed by atoms with Crippen molar-refractivity contribution in [1.29, 1.82) is 0 Å². The van der Waals surface area contributed by atoms with E-state index in [9.17, 15) is 4.79 Å². The Labute approximate surface area is 130 Å². The van der Waals surface area contributed by atoms with Gasteiger partial charge < -0.3 is 14.8 Å². The first-order valence-electron chi connectivity index (χ1n) is 8.11. The highest BCUT2D eigenvalue weighted by Crippen LogP contribution is 2.43. The lowest BCUT2D eigenvalue weighted by molar-refractivity contribution is -0.120. The summed E-state index contributed by atoms with van der Waals surface area (Å²) in [5, 5.41) is 3.04. The van der Waals surface area contributed by atoms with Gasteiger partial charge in [0.2, 0.25) is 5.91 Å². The highest BCUT2D eigenvalue weighted by molar-refractivity contribution is 5.93. The Morgan fingerprint density at radius 1 is 1.18 bits per heavy atom. The van der Waals surface area contributed by atoms with Crippen LogP contribution in [0.15, 0.2) is 36.4 Å². The Morgan fingerprint density at radius 3 is 2.68 bits per heavy atom. The first-order chi connectivity index (χ1) is 10.8. The SMILES string of the molecule is O=C(Nc1ccc(O[C@H]2CCOC2)cc1)[C@H]1C[C@H]2C=C[C@H]1C2. The summed E-state index contributed by atoms with van der Waals surface area (Å²) in [7, 11) is 0. The van der Waals surface area contributed by atoms with Crippen molar-refractivity contribution >= 4 is 11.6 Å². The Morgan fingerprint density at radius 2 is 2.05 bits per heavy atom. The van der Waals surface area contributed by atoms with Gasteiger partial charge in [0.25, 0.3) is 0 Å². The quantitative estimate of drug-likeness (QED) is 0.869. The Bertz CT molecular complexity index is 574. The normalized spacial score (nSPS) is 32.4. The summed E-state index contributed by atoms with van der Waals surface area (Å²) < 4.78 is 11.1. The molecule has 22 heavy (non-hydrogen) atoms. The van der Waals surface area contributed by atoms with Crippen LogP contribution < -0.4 is 10.1 Å². The minimum absolute atomic E-state index is 0.140. The number of anilines is 1. The molecule has 4 rings (SSSR count). The maximum atomic E-state index is 12.4. The van der Waals surface area contributed by atoms with Gasteiger partial charge in [0.15, 0.2) is 0 Å². The fourth-order valence-electron chi connectivity index (χ4n) is 3.73. The second kappa shape index (κ2) is 5.76. The van der Waals surface area contributed by atoms with E-state index in [-0.39, 0.29) is 17.9 Å². The Hall–Kier alpha value is -1.81. The van der Waals surface area contributed by atoms with Gasteiger partial charge in [-0.2, -0.15) is 0 Å². The molecule has 4 heteroatoms. The van der Waals surface area contributed by atoms with Crippen molar-refractivity contribution < 1.29 is 14.3 Å². The minimum Gasteiger partial charge on any atom is -0.488 e. The lowest BCUT2D eigenvalue weighted by Gasteiger charge is -2.18. The molecular weight excluding hydrogens is 278 g/mol. The molecule has 0 spiro atoms. The van der Waals surface area contributed by atoms with Crippen molar-refractivity contribution in [3.63, 3.8) is 0 Å². The van der Waals surface area contributed by atoms with Crippen molar-refractivity contribution in [3.05, 3.63) is 36.4 Å². The molecule has 1 saturated carbocycles. The van der Waals surface area contributed by atoms with Gasteiger partial charge in [-0.3, -0.25) is 4.79 Å². The highest BCUT2D eigenvalue weighted by atomic mass is 16.5. The monoisotopic (exact) mass is 299 g/mol. The second-order valence-corrected chi connectivity index (χ2v) is 6.50. The van der Waals surface area contributed by atoms with Crippen LogP contribution in [0.2, 0.25) is 0 Å². The van der Waals surface area contributed by atoms with Crippen molar-refractivity contribution in [3.8, 4) is 5.75 Å². The largest absolute Gasteiger partial charge is 0.488 e. The van der Waals surface area contributed by atoms with Crippen LogP contribution in [-0.2, 0) is 9.53 Å². The minimum atomic E-state index is 0.140. The lowest BCUT2D eigenvalue weighted by Crippen LogP contribution is -2.25. The number of amides is 1. The third kappa shape index (κ3) is 2.75. The number of fused-ring (bicyclic) bond motifs is 2. The zero-order valence-electron chi connectivity index (χ0n) is 12.5. The zero-order chi connectivity index (χ0) is 14.9. The van der Waals surface area contributed by atoms with Crippen molar-refractivity contribution in [1.82, 2.24) is 0 Å². The summed E-state index contributed by atoms with van der Waals surface area (Å²) in [5.41, 5.74) is 0.840. The Balaban J connectivity index is 1.34. The zero-order valence-corrected chi connectivity index (χ0v) is 12.5. The van der Waals surface area contributed by atoms with Gasteiger partial charge in [0.1, 0.15) is 11.9 Å². The maximum absolute atomic E-state index is 12.4. The van der Waals surface area contributed by atoms with E-state index in [1.54, 1.807) is 0 Å². The molecule has 1 amide bonds. The Kier molecular flexibility index (Phi) is 3.62. The molecule has 0 aromatic heterocycles. The van der Waals surface area contributed by atoms with Crippen LogP contribution in [0.3, 0.4) is 0 Å². The number of ether oxygens (including phenoxy) is 2. The summed E-state index contributed by atoms with van der Waals surface area (Å²) in [6, 6.07) is 7.64. The van der Waals surface area contributed by atoms with Crippen LogP contribution in [0, 0.1) is 17.8 Å². The molecule has 0 unspecified atom stereocenters. The molecule has 2 aliphatic carbocycles. The maximum Gasteiger partial charge on any atom is 0.228 e. The van der Waals surface area contributed by atoms with Crippen LogP contribution in [0.4, 0.5) is 5.69 Å². The van der Waals surface area contributed by atoms with Crippen molar-refractivity contribution in [2.24, 2.45) is 17.8 Å².